The van der Waals surface area contributed by atoms with Gasteiger partial charge in [-0.25, -0.2) is 0 Å². The second kappa shape index (κ2) is 9.88. The van der Waals surface area contributed by atoms with E-state index < -0.39 is 5.91 Å². The minimum absolute atomic E-state index is 0.0674. The Balaban J connectivity index is 1.53. The zero-order valence-electron chi connectivity index (χ0n) is 18.8. The normalized spacial score (nSPS) is 16.0. The molecular formula is C24H22ClN3O6. The summed E-state index contributed by atoms with van der Waals surface area (Å²) in [5.74, 6) is 1.88. The SMILES string of the molecule is COc1cc(/C=C2\C(=N)N3OC(C)=CC3=NC2=O)cc(OC)c1OCCOc1ccccc1Cl. The Kier molecular flexibility index (Phi) is 6.74. The quantitative estimate of drug-likeness (QED) is 0.442. The van der Waals surface area contributed by atoms with Crippen LogP contribution < -0.4 is 18.9 Å². The number of ether oxygens (including phenoxy) is 4. The molecule has 0 saturated carbocycles. The number of hydroxylamine groups is 2. The van der Waals surface area contributed by atoms with Crippen LogP contribution in [0.2, 0.25) is 5.02 Å². The largest absolute Gasteiger partial charge is 0.493 e. The molecule has 0 radical (unpaired) electrons. The fourth-order valence-corrected chi connectivity index (χ4v) is 3.54. The molecule has 34 heavy (non-hydrogen) atoms. The summed E-state index contributed by atoms with van der Waals surface area (Å²) < 4.78 is 22.5. The summed E-state index contributed by atoms with van der Waals surface area (Å²) >= 11 is 6.10. The fraction of sp³-hybridized carbons (Fsp3) is 0.208. The van der Waals surface area contributed by atoms with Crippen molar-refractivity contribution < 1.29 is 28.6 Å². The highest BCUT2D eigenvalue weighted by molar-refractivity contribution is 6.32. The summed E-state index contributed by atoms with van der Waals surface area (Å²) in [5.41, 5.74) is 0.627. The average Bonchev–Trinajstić information content (AvgIpc) is 3.20. The minimum atomic E-state index is -0.541. The molecule has 0 saturated heterocycles. The van der Waals surface area contributed by atoms with E-state index >= 15 is 0 Å². The van der Waals surface area contributed by atoms with Crippen molar-refractivity contribution in [1.29, 1.82) is 5.41 Å². The van der Waals surface area contributed by atoms with Crippen LogP contribution in [0.3, 0.4) is 0 Å². The lowest BCUT2D eigenvalue weighted by molar-refractivity contribution is -0.114. The van der Waals surface area contributed by atoms with Crippen molar-refractivity contribution in [3.8, 4) is 23.0 Å². The molecule has 2 heterocycles. The van der Waals surface area contributed by atoms with Gasteiger partial charge in [0.2, 0.25) is 5.75 Å². The summed E-state index contributed by atoms with van der Waals surface area (Å²) in [6.07, 6.45) is 3.12. The number of methoxy groups -OCH3 is 2. The highest BCUT2D eigenvalue weighted by Gasteiger charge is 2.34. The third kappa shape index (κ3) is 4.69. The van der Waals surface area contributed by atoms with Gasteiger partial charge >= 0.3 is 0 Å². The predicted octanol–water partition coefficient (Wildman–Crippen LogP) is 4.27. The Bertz CT molecular complexity index is 1210. The van der Waals surface area contributed by atoms with E-state index in [0.29, 0.717) is 39.3 Å². The van der Waals surface area contributed by atoms with Gasteiger partial charge in [-0.15, -0.1) is 5.06 Å². The molecule has 0 unspecified atom stereocenters. The second-order valence-electron chi connectivity index (χ2n) is 7.20. The molecule has 0 bridgehead atoms. The van der Waals surface area contributed by atoms with E-state index in [2.05, 4.69) is 4.99 Å². The van der Waals surface area contributed by atoms with Crippen molar-refractivity contribution in [1.82, 2.24) is 5.06 Å². The number of amidine groups is 2. The van der Waals surface area contributed by atoms with Gasteiger partial charge in [-0.1, -0.05) is 23.7 Å². The van der Waals surface area contributed by atoms with E-state index in [1.807, 2.05) is 12.1 Å². The third-order valence-electron chi connectivity index (χ3n) is 4.90. The smallest absolute Gasteiger partial charge is 0.282 e. The van der Waals surface area contributed by atoms with Crippen LogP contribution in [0.1, 0.15) is 12.5 Å². The predicted molar refractivity (Wildman–Crippen MR) is 127 cm³/mol. The van der Waals surface area contributed by atoms with Crippen molar-refractivity contribution in [2.45, 2.75) is 6.92 Å². The molecular weight excluding hydrogens is 462 g/mol. The highest BCUT2D eigenvalue weighted by Crippen LogP contribution is 2.39. The summed E-state index contributed by atoms with van der Waals surface area (Å²) in [7, 11) is 2.99. The van der Waals surface area contributed by atoms with Crippen LogP contribution in [0.5, 0.6) is 23.0 Å². The monoisotopic (exact) mass is 483 g/mol. The molecule has 0 aromatic heterocycles. The van der Waals surface area contributed by atoms with E-state index in [1.54, 1.807) is 37.3 Å². The number of carbonyl (C=O) groups excluding carboxylic acids is 1. The van der Waals surface area contributed by atoms with Gasteiger partial charge in [-0.2, -0.15) is 4.99 Å². The first-order valence-electron chi connectivity index (χ1n) is 10.3. The van der Waals surface area contributed by atoms with Crippen LogP contribution in [0.4, 0.5) is 0 Å². The van der Waals surface area contributed by atoms with Crippen LogP contribution in [-0.4, -0.2) is 50.1 Å². The van der Waals surface area contributed by atoms with Crippen molar-refractivity contribution in [2.75, 3.05) is 27.4 Å². The molecule has 2 aromatic rings. The van der Waals surface area contributed by atoms with Gasteiger partial charge in [0, 0.05) is 6.08 Å². The van der Waals surface area contributed by atoms with Crippen LogP contribution in [-0.2, 0) is 9.63 Å². The fourth-order valence-electron chi connectivity index (χ4n) is 3.35. The molecule has 1 amide bonds. The summed E-state index contributed by atoms with van der Waals surface area (Å²) in [6, 6.07) is 10.5. The first-order valence-corrected chi connectivity index (χ1v) is 10.6. The van der Waals surface area contributed by atoms with Crippen LogP contribution in [0.15, 0.2) is 58.8 Å². The van der Waals surface area contributed by atoms with Crippen LogP contribution >= 0.6 is 11.6 Å². The van der Waals surface area contributed by atoms with Gasteiger partial charge in [0.15, 0.2) is 23.2 Å². The van der Waals surface area contributed by atoms with Gasteiger partial charge in [0.05, 0.1) is 24.8 Å². The van der Waals surface area contributed by atoms with Gasteiger partial charge in [0.1, 0.15) is 24.7 Å². The molecule has 0 aliphatic carbocycles. The molecule has 0 fully saturated rings. The molecule has 4 rings (SSSR count). The zero-order valence-corrected chi connectivity index (χ0v) is 19.5. The summed E-state index contributed by atoms with van der Waals surface area (Å²) in [5, 5.41) is 10.1. The van der Waals surface area contributed by atoms with E-state index in [-0.39, 0.29) is 30.5 Å². The van der Waals surface area contributed by atoms with E-state index in [1.165, 1.54) is 25.4 Å². The number of hydrogen-bond acceptors (Lipinski definition) is 7. The zero-order chi connectivity index (χ0) is 24.2. The first-order chi connectivity index (χ1) is 16.4. The Morgan fingerprint density at radius 1 is 1.09 bits per heavy atom. The maximum absolute atomic E-state index is 12.5. The molecule has 9 nitrogen and oxygen atoms in total. The number of fused-ring (bicyclic) bond motifs is 1. The number of aliphatic imine (C=N–C) groups is 1. The first kappa shape index (κ1) is 23.2. The van der Waals surface area contributed by atoms with E-state index in [4.69, 9.17) is 40.8 Å². The number of halogens is 1. The highest BCUT2D eigenvalue weighted by atomic mass is 35.5. The lowest BCUT2D eigenvalue weighted by atomic mass is 10.1. The van der Waals surface area contributed by atoms with Crippen LogP contribution in [0.25, 0.3) is 6.08 Å². The van der Waals surface area contributed by atoms with Gasteiger partial charge in [-0.05, 0) is 42.8 Å². The number of amides is 1. The molecule has 2 aliphatic heterocycles. The maximum atomic E-state index is 12.5. The standard InChI is InChI=1S/C24H22ClN3O6/c1-14-10-21-27-24(29)16(23(26)28(21)34-14)11-15-12-19(30-2)22(20(13-15)31-3)33-9-8-32-18-7-5-4-6-17(18)25/h4-7,10-13,26H,8-9H2,1-3H3/b16-11+,26-23?. The number of carbonyl (C=O) groups is 1. The Labute approximate surface area is 201 Å². The Morgan fingerprint density at radius 2 is 1.76 bits per heavy atom. The molecule has 1 N–H and O–H groups in total. The topological polar surface area (TPSA) is 103 Å². The molecule has 176 valence electrons. The van der Waals surface area contributed by atoms with Crippen molar-refractivity contribution in [3.05, 3.63) is 64.4 Å². The second-order valence-corrected chi connectivity index (χ2v) is 7.61. The van der Waals surface area contributed by atoms with Gasteiger partial charge < -0.3 is 23.8 Å². The van der Waals surface area contributed by atoms with Crippen molar-refractivity contribution in [2.24, 2.45) is 4.99 Å². The van der Waals surface area contributed by atoms with Crippen LogP contribution in [0, 0.1) is 5.41 Å². The van der Waals surface area contributed by atoms with Crippen molar-refractivity contribution >= 4 is 35.3 Å². The number of allylic oxidation sites excluding steroid dienone is 1. The third-order valence-corrected chi connectivity index (χ3v) is 5.21. The molecule has 2 aromatic carbocycles. The average molecular weight is 484 g/mol. The van der Waals surface area contributed by atoms with Gasteiger partial charge in [0.25, 0.3) is 5.91 Å². The van der Waals surface area contributed by atoms with Gasteiger partial charge in [-0.3, -0.25) is 10.2 Å². The van der Waals surface area contributed by atoms with Crippen molar-refractivity contribution in [3.63, 3.8) is 0 Å². The van der Waals surface area contributed by atoms with E-state index in [9.17, 15) is 4.79 Å². The number of benzene rings is 2. The lowest BCUT2D eigenvalue weighted by Gasteiger charge is -2.23. The molecule has 0 spiro atoms. The number of nitrogens with one attached hydrogen (secondary N) is 1. The molecule has 0 atom stereocenters. The Hall–Kier alpha value is -3.98. The Morgan fingerprint density at radius 3 is 2.44 bits per heavy atom. The minimum Gasteiger partial charge on any atom is -0.493 e. The summed E-state index contributed by atoms with van der Waals surface area (Å²) in [6.45, 7) is 2.17. The van der Waals surface area contributed by atoms with E-state index in [0.717, 1.165) is 0 Å². The maximum Gasteiger partial charge on any atom is 0.282 e. The number of hydrogen-bond donors (Lipinski definition) is 1. The number of rotatable bonds is 8. The number of para-hydroxylation sites is 1. The molecule has 2 aliphatic rings. The lowest BCUT2D eigenvalue weighted by Crippen LogP contribution is -2.38. The molecule has 10 heteroatoms. The summed E-state index contributed by atoms with van der Waals surface area (Å²) in [4.78, 5) is 22.0. The number of nitrogens with zero attached hydrogens (tertiary/aromatic N) is 2.